The lowest BCUT2D eigenvalue weighted by molar-refractivity contribution is 0.0640. The summed E-state index contributed by atoms with van der Waals surface area (Å²) in [6, 6.07) is 5.71. The van der Waals surface area contributed by atoms with Gasteiger partial charge in [0.2, 0.25) is 0 Å². The van der Waals surface area contributed by atoms with Crippen LogP contribution in [0.15, 0.2) is 34.3 Å². The third-order valence-corrected chi connectivity index (χ3v) is 5.70. The molecule has 0 bridgehead atoms. The van der Waals surface area contributed by atoms with Gasteiger partial charge in [-0.2, -0.15) is 11.3 Å². The Hall–Kier alpha value is -1.90. The Morgan fingerprint density at radius 2 is 1.92 bits per heavy atom. The summed E-state index contributed by atoms with van der Waals surface area (Å²) in [6.45, 7) is 5.12. The maximum absolute atomic E-state index is 12.3. The zero-order valence-corrected chi connectivity index (χ0v) is 15.6. The molecule has 1 fully saturated rings. The van der Waals surface area contributed by atoms with E-state index in [1.54, 1.807) is 22.7 Å². The van der Waals surface area contributed by atoms with E-state index in [2.05, 4.69) is 15.5 Å². The Balaban J connectivity index is 1.30. The highest BCUT2D eigenvalue weighted by molar-refractivity contribution is 7.09. The smallest absolute Gasteiger partial charge is 0.315 e. The Morgan fingerprint density at radius 3 is 2.60 bits per heavy atom. The average Bonchev–Trinajstić information content (AvgIpc) is 3.34. The van der Waals surface area contributed by atoms with Gasteiger partial charge in [-0.15, -0.1) is 11.3 Å². The first-order chi connectivity index (χ1) is 12.2. The quantitative estimate of drug-likeness (QED) is 0.809. The summed E-state index contributed by atoms with van der Waals surface area (Å²) in [7, 11) is 0. The van der Waals surface area contributed by atoms with Crippen LogP contribution in [0.5, 0.6) is 0 Å². The second-order valence-electron chi connectivity index (χ2n) is 5.83. The summed E-state index contributed by atoms with van der Waals surface area (Å²) < 4.78 is 0. The zero-order chi connectivity index (χ0) is 17.5. The van der Waals surface area contributed by atoms with Gasteiger partial charge in [0.05, 0.1) is 12.1 Å². The number of urea groups is 1. The van der Waals surface area contributed by atoms with Gasteiger partial charge in [-0.3, -0.25) is 9.69 Å². The third kappa shape index (κ3) is 5.29. The Bertz CT molecular complexity index is 665. The molecule has 6 nitrogen and oxygen atoms in total. The topological polar surface area (TPSA) is 64.7 Å². The fraction of sp³-hybridized carbons (Fsp3) is 0.412. The Labute approximate surface area is 155 Å². The predicted octanol–water partition coefficient (Wildman–Crippen LogP) is 2.07. The molecule has 1 saturated heterocycles. The van der Waals surface area contributed by atoms with Crippen molar-refractivity contribution in [3.63, 3.8) is 0 Å². The molecule has 3 heterocycles. The molecule has 3 amide bonds. The van der Waals surface area contributed by atoms with Gasteiger partial charge in [0.25, 0.3) is 5.91 Å². The summed E-state index contributed by atoms with van der Waals surface area (Å²) in [6.07, 6.45) is 0. The molecule has 2 N–H and O–H groups in total. The minimum atomic E-state index is -0.139. The molecule has 3 rings (SSSR count). The SMILES string of the molecule is O=C(NCCN1CCN(C(=O)c2ccsc2)CC1)NCc1cccs1. The largest absolute Gasteiger partial charge is 0.337 e. The molecule has 0 unspecified atom stereocenters. The average molecular weight is 379 g/mol. The number of nitrogens with zero attached hydrogens (tertiary/aromatic N) is 2. The number of nitrogens with one attached hydrogen (secondary N) is 2. The first kappa shape index (κ1) is 17.9. The molecule has 1 aliphatic rings. The lowest BCUT2D eigenvalue weighted by atomic mass is 10.2. The molecule has 0 aliphatic carbocycles. The van der Waals surface area contributed by atoms with Crippen molar-refractivity contribution in [2.24, 2.45) is 0 Å². The lowest BCUT2D eigenvalue weighted by Crippen LogP contribution is -2.50. The molecule has 2 aromatic heterocycles. The molecule has 25 heavy (non-hydrogen) atoms. The molecule has 2 aromatic rings. The van der Waals surface area contributed by atoms with Crippen molar-refractivity contribution >= 4 is 34.6 Å². The second kappa shape index (κ2) is 8.98. The van der Waals surface area contributed by atoms with Crippen LogP contribution in [0.25, 0.3) is 0 Å². The molecule has 1 aliphatic heterocycles. The number of carbonyl (C=O) groups excluding carboxylic acids is 2. The first-order valence-corrected chi connectivity index (χ1v) is 10.1. The number of hydrogen-bond donors (Lipinski definition) is 2. The van der Waals surface area contributed by atoms with Crippen molar-refractivity contribution in [1.29, 1.82) is 0 Å². The summed E-state index contributed by atoms with van der Waals surface area (Å²) in [5, 5.41) is 11.6. The van der Waals surface area contributed by atoms with Crippen LogP contribution in [-0.4, -0.2) is 61.0 Å². The van der Waals surface area contributed by atoms with E-state index >= 15 is 0 Å². The Morgan fingerprint density at radius 1 is 1.08 bits per heavy atom. The van der Waals surface area contributed by atoms with Crippen molar-refractivity contribution < 1.29 is 9.59 Å². The van der Waals surface area contributed by atoms with E-state index in [9.17, 15) is 9.59 Å². The van der Waals surface area contributed by atoms with E-state index in [0.717, 1.165) is 43.2 Å². The lowest BCUT2D eigenvalue weighted by Gasteiger charge is -2.34. The molecule has 8 heteroatoms. The molecule has 0 aromatic carbocycles. The number of rotatable bonds is 6. The number of thiophene rings is 2. The summed E-state index contributed by atoms with van der Waals surface area (Å²) >= 11 is 3.18. The number of carbonyl (C=O) groups is 2. The van der Waals surface area contributed by atoms with Crippen LogP contribution in [0.3, 0.4) is 0 Å². The highest BCUT2D eigenvalue weighted by Crippen LogP contribution is 2.11. The minimum Gasteiger partial charge on any atom is -0.337 e. The van der Waals surface area contributed by atoms with Gasteiger partial charge < -0.3 is 15.5 Å². The van der Waals surface area contributed by atoms with E-state index in [1.807, 2.05) is 39.2 Å². The maximum Gasteiger partial charge on any atom is 0.315 e. The summed E-state index contributed by atoms with van der Waals surface area (Å²) in [5.41, 5.74) is 0.780. The fourth-order valence-corrected chi connectivity index (χ4v) is 3.99. The molecule has 134 valence electrons. The van der Waals surface area contributed by atoms with Gasteiger partial charge in [-0.1, -0.05) is 6.07 Å². The molecule has 0 radical (unpaired) electrons. The Kier molecular flexibility index (Phi) is 6.43. The van der Waals surface area contributed by atoms with E-state index in [1.165, 1.54) is 0 Å². The molecular formula is C17H22N4O2S2. The van der Waals surface area contributed by atoms with E-state index in [-0.39, 0.29) is 11.9 Å². The van der Waals surface area contributed by atoms with Crippen LogP contribution in [-0.2, 0) is 6.54 Å². The molecule has 0 saturated carbocycles. The molecule has 0 spiro atoms. The first-order valence-electron chi connectivity index (χ1n) is 8.30. The second-order valence-corrected chi connectivity index (χ2v) is 7.65. The minimum absolute atomic E-state index is 0.118. The van der Waals surface area contributed by atoms with Crippen LogP contribution in [0.2, 0.25) is 0 Å². The van der Waals surface area contributed by atoms with Crippen molar-refractivity contribution in [3.05, 3.63) is 44.8 Å². The number of hydrogen-bond acceptors (Lipinski definition) is 5. The highest BCUT2D eigenvalue weighted by atomic mass is 32.1. The number of amides is 3. The van der Waals surface area contributed by atoms with Gasteiger partial charge in [0.15, 0.2) is 0 Å². The van der Waals surface area contributed by atoms with Gasteiger partial charge >= 0.3 is 6.03 Å². The standard InChI is InChI=1S/C17H22N4O2S2/c22-16(14-3-11-24-13-14)21-8-6-20(7-9-21)5-4-18-17(23)19-12-15-2-1-10-25-15/h1-3,10-11,13H,4-9,12H2,(H2,18,19,23). The normalized spacial score (nSPS) is 15.1. The van der Waals surface area contributed by atoms with Gasteiger partial charge in [0, 0.05) is 49.5 Å². The van der Waals surface area contributed by atoms with Crippen LogP contribution in [0.1, 0.15) is 15.2 Å². The van der Waals surface area contributed by atoms with E-state index in [4.69, 9.17) is 0 Å². The van der Waals surface area contributed by atoms with E-state index < -0.39 is 0 Å². The molecule has 0 atom stereocenters. The zero-order valence-electron chi connectivity index (χ0n) is 13.9. The van der Waals surface area contributed by atoms with Crippen molar-refractivity contribution in [1.82, 2.24) is 20.4 Å². The van der Waals surface area contributed by atoms with Gasteiger partial charge in [0.1, 0.15) is 0 Å². The number of piperazine rings is 1. The third-order valence-electron chi connectivity index (χ3n) is 4.14. The fourth-order valence-electron chi connectivity index (χ4n) is 2.71. The summed E-state index contributed by atoms with van der Waals surface area (Å²) in [5.74, 6) is 0.118. The van der Waals surface area contributed by atoms with Crippen LogP contribution < -0.4 is 10.6 Å². The van der Waals surface area contributed by atoms with Gasteiger partial charge in [-0.05, 0) is 22.9 Å². The van der Waals surface area contributed by atoms with Crippen LogP contribution in [0, 0.1) is 0 Å². The molecular weight excluding hydrogens is 356 g/mol. The summed E-state index contributed by atoms with van der Waals surface area (Å²) in [4.78, 5) is 29.4. The highest BCUT2D eigenvalue weighted by Gasteiger charge is 2.22. The van der Waals surface area contributed by atoms with Crippen LogP contribution >= 0.6 is 22.7 Å². The van der Waals surface area contributed by atoms with Crippen molar-refractivity contribution in [3.8, 4) is 0 Å². The van der Waals surface area contributed by atoms with E-state index in [0.29, 0.717) is 13.1 Å². The maximum atomic E-state index is 12.3. The van der Waals surface area contributed by atoms with Gasteiger partial charge in [-0.25, -0.2) is 4.79 Å². The van der Waals surface area contributed by atoms with Crippen LogP contribution in [0.4, 0.5) is 4.79 Å². The monoisotopic (exact) mass is 378 g/mol. The van der Waals surface area contributed by atoms with Crippen molar-refractivity contribution in [2.75, 3.05) is 39.3 Å². The van der Waals surface area contributed by atoms with Crippen molar-refractivity contribution in [2.45, 2.75) is 6.54 Å². The predicted molar refractivity (Wildman–Crippen MR) is 101 cm³/mol.